The number of fused-ring (bicyclic) bond motifs is 1. The van der Waals surface area contributed by atoms with E-state index in [4.69, 9.17) is 0 Å². The van der Waals surface area contributed by atoms with Crippen LogP contribution in [0.15, 0.2) is 18.2 Å². The average molecular weight is 258 g/mol. The van der Waals surface area contributed by atoms with Crippen molar-refractivity contribution in [3.63, 3.8) is 0 Å². The summed E-state index contributed by atoms with van der Waals surface area (Å²) in [6.07, 6.45) is 10.6. The SMILES string of the molecule is CCCCCCCCCc1nc2ccc(C)cc2[nH]1. The standard InChI is InChI=1S/C17H26N2/c1-3-4-5-6-7-8-9-10-17-18-15-12-11-14(2)13-16(15)19-17/h11-13H,3-10H2,1-2H3,(H,18,19). The highest BCUT2D eigenvalue weighted by atomic mass is 14.9. The van der Waals surface area contributed by atoms with Gasteiger partial charge in [0, 0.05) is 6.42 Å². The summed E-state index contributed by atoms with van der Waals surface area (Å²) in [7, 11) is 0. The van der Waals surface area contributed by atoms with E-state index in [1.807, 2.05) is 0 Å². The molecule has 0 atom stereocenters. The highest BCUT2D eigenvalue weighted by Crippen LogP contribution is 2.15. The van der Waals surface area contributed by atoms with Gasteiger partial charge in [0.2, 0.25) is 0 Å². The molecule has 0 bridgehead atoms. The monoisotopic (exact) mass is 258 g/mol. The van der Waals surface area contributed by atoms with Gasteiger partial charge in [0.15, 0.2) is 0 Å². The third kappa shape index (κ3) is 4.38. The van der Waals surface area contributed by atoms with Crippen LogP contribution >= 0.6 is 0 Å². The fourth-order valence-corrected chi connectivity index (χ4v) is 2.54. The number of nitrogens with zero attached hydrogens (tertiary/aromatic N) is 1. The van der Waals surface area contributed by atoms with Crippen LogP contribution in [0.2, 0.25) is 0 Å². The van der Waals surface area contributed by atoms with Gasteiger partial charge in [0.1, 0.15) is 5.82 Å². The summed E-state index contributed by atoms with van der Waals surface area (Å²) >= 11 is 0. The number of aromatic nitrogens is 2. The molecule has 0 amide bonds. The number of H-pyrrole nitrogens is 1. The molecule has 1 aromatic carbocycles. The zero-order valence-electron chi connectivity index (χ0n) is 12.3. The van der Waals surface area contributed by atoms with E-state index in [-0.39, 0.29) is 0 Å². The van der Waals surface area contributed by atoms with Crippen molar-refractivity contribution in [3.8, 4) is 0 Å². The lowest BCUT2D eigenvalue weighted by atomic mass is 10.1. The number of imidazole rings is 1. The third-order valence-corrected chi connectivity index (χ3v) is 3.70. The van der Waals surface area contributed by atoms with Gasteiger partial charge in [0.25, 0.3) is 0 Å². The number of unbranched alkanes of at least 4 members (excludes halogenated alkanes) is 6. The van der Waals surface area contributed by atoms with Gasteiger partial charge in [-0.15, -0.1) is 0 Å². The Morgan fingerprint density at radius 3 is 2.53 bits per heavy atom. The molecule has 0 saturated heterocycles. The molecule has 104 valence electrons. The maximum Gasteiger partial charge on any atom is 0.107 e. The number of hydrogen-bond acceptors (Lipinski definition) is 1. The molecule has 2 aromatic rings. The first-order valence-corrected chi connectivity index (χ1v) is 7.75. The van der Waals surface area contributed by atoms with Crippen molar-refractivity contribution in [2.45, 2.75) is 65.2 Å². The van der Waals surface area contributed by atoms with Crippen molar-refractivity contribution in [2.75, 3.05) is 0 Å². The van der Waals surface area contributed by atoms with Crippen LogP contribution in [0.1, 0.15) is 63.3 Å². The molecule has 1 heterocycles. The number of rotatable bonds is 8. The van der Waals surface area contributed by atoms with Gasteiger partial charge in [-0.2, -0.15) is 0 Å². The van der Waals surface area contributed by atoms with Crippen LogP contribution < -0.4 is 0 Å². The van der Waals surface area contributed by atoms with Crippen LogP contribution in [0.25, 0.3) is 11.0 Å². The lowest BCUT2D eigenvalue weighted by Gasteiger charge is -1.99. The van der Waals surface area contributed by atoms with E-state index < -0.39 is 0 Å². The lowest BCUT2D eigenvalue weighted by Crippen LogP contribution is -1.88. The topological polar surface area (TPSA) is 28.7 Å². The number of aryl methyl sites for hydroxylation is 2. The second-order valence-electron chi connectivity index (χ2n) is 5.58. The molecular weight excluding hydrogens is 232 g/mol. The predicted octanol–water partition coefficient (Wildman–Crippen LogP) is 5.16. The summed E-state index contributed by atoms with van der Waals surface area (Å²) in [6.45, 7) is 4.39. The first kappa shape index (κ1) is 14.1. The largest absolute Gasteiger partial charge is 0.342 e. The van der Waals surface area contributed by atoms with Crippen LogP contribution in [-0.2, 0) is 6.42 Å². The molecule has 0 saturated carbocycles. The molecule has 1 aromatic heterocycles. The highest BCUT2D eigenvalue weighted by molar-refractivity contribution is 5.75. The zero-order chi connectivity index (χ0) is 13.5. The number of hydrogen-bond donors (Lipinski definition) is 1. The van der Waals surface area contributed by atoms with Gasteiger partial charge in [-0.1, -0.05) is 51.5 Å². The molecule has 0 aliphatic rings. The molecule has 0 radical (unpaired) electrons. The molecule has 0 unspecified atom stereocenters. The van der Waals surface area contributed by atoms with E-state index in [1.54, 1.807) is 0 Å². The average Bonchev–Trinajstić information content (AvgIpc) is 2.79. The van der Waals surface area contributed by atoms with E-state index in [2.05, 4.69) is 42.0 Å². The quantitative estimate of drug-likeness (QED) is 0.650. The van der Waals surface area contributed by atoms with Gasteiger partial charge < -0.3 is 4.98 Å². The minimum atomic E-state index is 1.08. The smallest absolute Gasteiger partial charge is 0.107 e. The Bertz CT molecular complexity index is 499. The Morgan fingerprint density at radius 1 is 1.00 bits per heavy atom. The number of nitrogens with one attached hydrogen (secondary N) is 1. The van der Waals surface area contributed by atoms with Gasteiger partial charge >= 0.3 is 0 Å². The van der Waals surface area contributed by atoms with Crippen molar-refractivity contribution in [2.24, 2.45) is 0 Å². The van der Waals surface area contributed by atoms with Crippen molar-refractivity contribution in [1.82, 2.24) is 9.97 Å². The molecule has 0 aliphatic carbocycles. The van der Waals surface area contributed by atoms with Crippen molar-refractivity contribution in [3.05, 3.63) is 29.6 Å². The summed E-state index contributed by atoms with van der Waals surface area (Å²) in [5.41, 5.74) is 3.57. The molecule has 19 heavy (non-hydrogen) atoms. The Balaban J connectivity index is 1.72. The Labute approximate surface area is 116 Å². The second kappa shape index (κ2) is 7.32. The molecule has 0 fully saturated rings. The molecule has 2 nitrogen and oxygen atoms in total. The Kier molecular flexibility index (Phi) is 5.44. The van der Waals surface area contributed by atoms with E-state index >= 15 is 0 Å². The highest BCUT2D eigenvalue weighted by Gasteiger charge is 2.02. The fourth-order valence-electron chi connectivity index (χ4n) is 2.54. The van der Waals surface area contributed by atoms with Crippen molar-refractivity contribution in [1.29, 1.82) is 0 Å². The maximum atomic E-state index is 4.65. The summed E-state index contributed by atoms with van der Waals surface area (Å²) in [6, 6.07) is 6.41. The normalized spacial score (nSPS) is 11.3. The molecular formula is C17H26N2. The molecule has 1 N–H and O–H groups in total. The summed E-state index contributed by atoms with van der Waals surface area (Å²) in [5, 5.41) is 0. The minimum Gasteiger partial charge on any atom is -0.342 e. The van der Waals surface area contributed by atoms with E-state index in [0.29, 0.717) is 0 Å². The first-order valence-electron chi connectivity index (χ1n) is 7.75. The van der Waals surface area contributed by atoms with Gasteiger partial charge in [-0.3, -0.25) is 0 Å². The molecule has 2 rings (SSSR count). The van der Waals surface area contributed by atoms with Gasteiger partial charge in [-0.05, 0) is 31.0 Å². The molecule has 2 heteroatoms. The summed E-state index contributed by atoms with van der Waals surface area (Å²) in [5.74, 6) is 1.15. The minimum absolute atomic E-state index is 1.08. The molecule has 0 spiro atoms. The summed E-state index contributed by atoms with van der Waals surface area (Å²) in [4.78, 5) is 8.08. The number of benzene rings is 1. The van der Waals surface area contributed by atoms with Crippen LogP contribution in [0, 0.1) is 6.92 Å². The maximum absolute atomic E-state index is 4.65. The van der Waals surface area contributed by atoms with E-state index in [1.165, 1.54) is 56.0 Å². The lowest BCUT2D eigenvalue weighted by molar-refractivity contribution is 0.585. The van der Waals surface area contributed by atoms with Crippen LogP contribution in [0.3, 0.4) is 0 Å². The van der Waals surface area contributed by atoms with Crippen LogP contribution in [0.5, 0.6) is 0 Å². The van der Waals surface area contributed by atoms with Gasteiger partial charge in [0.05, 0.1) is 11.0 Å². The van der Waals surface area contributed by atoms with E-state index in [9.17, 15) is 0 Å². The second-order valence-corrected chi connectivity index (χ2v) is 5.58. The van der Waals surface area contributed by atoms with Crippen LogP contribution in [-0.4, -0.2) is 9.97 Å². The molecule has 0 aliphatic heterocycles. The zero-order valence-corrected chi connectivity index (χ0v) is 12.3. The van der Waals surface area contributed by atoms with Crippen molar-refractivity contribution < 1.29 is 0 Å². The fraction of sp³-hybridized carbons (Fsp3) is 0.588. The van der Waals surface area contributed by atoms with E-state index in [0.717, 1.165) is 17.8 Å². The first-order chi connectivity index (χ1) is 9.29. The van der Waals surface area contributed by atoms with Crippen LogP contribution in [0.4, 0.5) is 0 Å². The van der Waals surface area contributed by atoms with Crippen molar-refractivity contribution >= 4 is 11.0 Å². The number of aromatic amines is 1. The Hall–Kier alpha value is -1.31. The Morgan fingerprint density at radius 2 is 1.74 bits per heavy atom. The van der Waals surface area contributed by atoms with Gasteiger partial charge in [-0.25, -0.2) is 4.98 Å². The third-order valence-electron chi connectivity index (χ3n) is 3.70. The summed E-state index contributed by atoms with van der Waals surface area (Å²) < 4.78 is 0. The predicted molar refractivity (Wildman–Crippen MR) is 82.5 cm³/mol.